The highest BCUT2D eigenvalue weighted by atomic mass is 16.1. The lowest BCUT2D eigenvalue weighted by Crippen LogP contribution is -2.53. The van der Waals surface area contributed by atoms with E-state index in [1.165, 1.54) is 19.4 Å². The fourth-order valence-electron chi connectivity index (χ4n) is 2.87. The molecule has 3 heteroatoms. The predicted octanol–water partition coefficient (Wildman–Crippen LogP) is 2.27. The highest BCUT2D eigenvalue weighted by Crippen LogP contribution is 2.33. The molecule has 1 saturated carbocycles. The van der Waals surface area contributed by atoms with Crippen molar-refractivity contribution in [1.29, 1.82) is 0 Å². The number of carbonyl (C=O) groups excluding carboxylic acids is 1. The van der Waals surface area contributed by atoms with Crippen molar-refractivity contribution in [1.82, 2.24) is 10.2 Å². The number of hydrogen-bond acceptors (Lipinski definition) is 2. The number of rotatable bonds is 4. The zero-order chi connectivity index (χ0) is 13.3. The van der Waals surface area contributed by atoms with Crippen molar-refractivity contribution in [2.75, 3.05) is 13.1 Å². The van der Waals surface area contributed by atoms with Crippen LogP contribution in [0.1, 0.15) is 47.0 Å². The summed E-state index contributed by atoms with van der Waals surface area (Å²) < 4.78 is 0. The van der Waals surface area contributed by atoms with Gasteiger partial charge in [-0.05, 0) is 31.1 Å². The molecule has 1 heterocycles. The Morgan fingerprint density at radius 3 is 2.33 bits per heavy atom. The molecule has 2 fully saturated rings. The Morgan fingerprint density at radius 2 is 1.83 bits per heavy atom. The first-order chi connectivity index (χ1) is 8.47. The van der Waals surface area contributed by atoms with Crippen LogP contribution >= 0.6 is 0 Å². The summed E-state index contributed by atoms with van der Waals surface area (Å²) in [7, 11) is 0. The molecule has 0 spiro atoms. The van der Waals surface area contributed by atoms with Crippen molar-refractivity contribution < 1.29 is 4.79 Å². The van der Waals surface area contributed by atoms with Gasteiger partial charge in [-0.2, -0.15) is 0 Å². The number of likely N-dealkylation sites (tertiary alicyclic amines) is 1. The average Bonchev–Trinajstić information content (AvgIpc) is 3.12. The van der Waals surface area contributed by atoms with Crippen LogP contribution in [0.3, 0.4) is 0 Å². The van der Waals surface area contributed by atoms with Crippen molar-refractivity contribution in [2.24, 2.45) is 17.8 Å². The van der Waals surface area contributed by atoms with Crippen LogP contribution in [-0.2, 0) is 4.79 Å². The highest BCUT2D eigenvalue weighted by Gasteiger charge is 2.37. The Labute approximate surface area is 111 Å². The Balaban J connectivity index is 1.94. The Morgan fingerprint density at radius 1 is 1.17 bits per heavy atom. The van der Waals surface area contributed by atoms with Crippen LogP contribution in [0.15, 0.2) is 0 Å². The summed E-state index contributed by atoms with van der Waals surface area (Å²) in [5, 5.41) is 3.24. The Hall–Kier alpha value is -0.570. The van der Waals surface area contributed by atoms with E-state index in [9.17, 15) is 4.79 Å². The second-order valence-electron chi connectivity index (χ2n) is 6.79. The predicted molar refractivity (Wildman–Crippen MR) is 74.3 cm³/mol. The molecule has 1 saturated heterocycles. The maximum atomic E-state index is 11.9. The SMILES string of the molecule is CC(C)C(=O)NC1CC(C(C)C)CN(C2CC2)C1. The van der Waals surface area contributed by atoms with E-state index >= 15 is 0 Å². The molecule has 2 unspecified atom stereocenters. The van der Waals surface area contributed by atoms with Gasteiger partial charge in [0.1, 0.15) is 0 Å². The molecule has 1 aliphatic carbocycles. The number of amides is 1. The fraction of sp³-hybridized carbons (Fsp3) is 0.933. The largest absolute Gasteiger partial charge is 0.352 e. The van der Waals surface area contributed by atoms with Crippen molar-refractivity contribution in [3.05, 3.63) is 0 Å². The molecule has 104 valence electrons. The minimum absolute atomic E-state index is 0.0961. The lowest BCUT2D eigenvalue weighted by Gasteiger charge is -2.40. The molecule has 0 aromatic rings. The Bertz CT molecular complexity index is 287. The number of carbonyl (C=O) groups is 1. The first-order valence-corrected chi connectivity index (χ1v) is 7.51. The molecular formula is C15H28N2O. The van der Waals surface area contributed by atoms with Crippen molar-refractivity contribution in [3.63, 3.8) is 0 Å². The van der Waals surface area contributed by atoms with E-state index in [-0.39, 0.29) is 11.8 Å². The van der Waals surface area contributed by atoms with Crippen molar-refractivity contribution in [3.8, 4) is 0 Å². The topological polar surface area (TPSA) is 32.3 Å². The molecule has 0 aromatic carbocycles. The van der Waals surface area contributed by atoms with Crippen LogP contribution in [-0.4, -0.2) is 36.0 Å². The van der Waals surface area contributed by atoms with E-state index in [4.69, 9.17) is 0 Å². The van der Waals surface area contributed by atoms with Crippen LogP contribution in [0.25, 0.3) is 0 Å². The van der Waals surface area contributed by atoms with Crippen LogP contribution in [0.4, 0.5) is 0 Å². The Kier molecular flexibility index (Phi) is 4.31. The number of piperidine rings is 1. The first kappa shape index (κ1) is 13.9. The maximum Gasteiger partial charge on any atom is 0.222 e. The van der Waals surface area contributed by atoms with Crippen molar-refractivity contribution >= 4 is 5.91 Å². The summed E-state index contributed by atoms with van der Waals surface area (Å²) in [6.07, 6.45) is 3.87. The zero-order valence-electron chi connectivity index (χ0n) is 12.3. The molecule has 2 atom stereocenters. The molecule has 1 amide bonds. The van der Waals surface area contributed by atoms with Crippen LogP contribution in [0.5, 0.6) is 0 Å². The standard InChI is InChI=1S/C15H28N2O/c1-10(2)12-7-13(16-15(18)11(3)4)9-17(8-12)14-5-6-14/h10-14H,5-9H2,1-4H3,(H,16,18). The molecule has 1 N–H and O–H groups in total. The molecule has 3 nitrogen and oxygen atoms in total. The molecule has 18 heavy (non-hydrogen) atoms. The minimum Gasteiger partial charge on any atom is -0.352 e. The van der Waals surface area contributed by atoms with Gasteiger partial charge in [0, 0.05) is 31.1 Å². The lowest BCUT2D eigenvalue weighted by molar-refractivity contribution is -0.125. The summed E-state index contributed by atoms with van der Waals surface area (Å²) in [5.74, 6) is 1.75. The van der Waals surface area contributed by atoms with Crippen molar-refractivity contribution in [2.45, 2.75) is 59.0 Å². The molecule has 0 radical (unpaired) electrons. The number of nitrogens with one attached hydrogen (secondary N) is 1. The van der Waals surface area contributed by atoms with E-state index < -0.39 is 0 Å². The molecule has 0 bridgehead atoms. The van der Waals surface area contributed by atoms with Gasteiger partial charge in [0.25, 0.3) is 0 Å². The molecule has 1 aliphatic heterocycles. The molecule has 0 aromatic heterocycles. The number of hydrogen-bond donors (Lipinski definition) is 1. The van der Waals surface area contributed by atoms with Gasteiger partial charge >= 0.3 is 0 Å². The first-order valence-electron chi connectivity index (χ1n) is 7.51. The summed E-state index contributed by atoms with van der Waals surface area (Å²) in [4.78, 5) is 14.5. The van der Waals surface area contributed by atoms with Gasteiger partial charge in [-0.25, -0.2) is 0 Å². The quantitative estimate of drug-likeness (QED) is 0.832. The van der Waals surface area contributed by atoms with Crippen LogP contribution in [0, 0.1) is 17.8 Å². The van der Waals surface area contributed by atoms with Gasteiger partial charge in [-0.3, -0.25) is 9.69 Å². The second-order valence-corrected chi connectivity index (χ2v) is 6.79. The molecule has 2 rings (SSSR count). The highest BCUT2D eigenvalue weighted by molar-refractivity contribution is 5.78. The summed E-state index contributed by atoms with van der Waals surface area (Å²) >= 11 is 0. The number of nitrogens with zero attached hydrogens (tertiary/aromatic N) is 1. The van der Waals surface area contributed by atoms with Gasteiger partial charge in [-0.1, -0.05) is 27.7 Å². The van der Waals surface area contributed by atoms with Crippen LogP contribution < -0.4 is 5.32 Å². The van der Waals surface area contributed by atoms with Gasteiger partial charge in [0.15, 0.2) is 0 Å². The van der Waals surface area contributed by atoms with E-state index in [0.717, 1.165) is 24.9 Å². The summed E-state index contributed by atoms with van der Waals surface area (Å²) in [6, 6.07) is 1.17. The van der Waals surface area contributed by atoms with Gasteiger partial charge < -0.3 is 5.32 Å². The smallest absolute Gasteiger partial charge is 0.222 e. The van der Waals surface area contributed by atoms with Gasteiger partial charge in [0.2, 0.25) is 5.91 Å². The van der Waals surface area contributed by atoms with E-state index in [0.29, 0.717) is 12.0 Å². The summed E-state index contributed by atoms with van der Waals surface area (Å²) in [6.45, 7) is 10.8. The van der Waals surface area contributed by atoms with Gasteiger partial charge in [-0.15, -0.1) is 0 Å². The third kappa shape index (κ3) is 3.47. The lowest BCUT2D eigenvalue weighted by atomic mass is 9.85. The van der Waals surface area contributed by atoms with E-state index in [1.54, 1.807) is 0 Å². The third-order valence-electron chi connectivity index (χ3n) is 4.39. The minimum atomic E-state index is 0.0961. The molecular weight excluding hydrogens is 224 g/mol. The second kappa shape index (κ2) is 5.60. The zero-order valence-corrected chi connectivity index (χ0v) is 12.3. The fourth-order valence-corrected chi connectivity index (χ4v) is 2.87. The summed E-state index contributed by atoms with van der Waals surface area (Å²) in [5.41, 5.74) is 0. The monoisotopic (exact) mass is 252 g/mol. The maximum absolute atomic E-state index is 11.9. The third-order valence-corrected chi connectivity index (χ3v) is 4.39. The van der Waals surface area contributed by atoms with E-state index in [1.807, 2.05) is 13.8 Å². The average molecular weight is 252 g/mol. The van der Waals surface area contributed by atoms with Crippen LogP contribution in [0.2, 0.25) is 0 Å². The van der Waals surface area contributed by atoms with Gasteiger partial charge in [0.05, 0.1) is 0 Å². The van der Waals surface area contributed by atoms with E-state index in [2.05, 4.69) is 24.1 Å². The molecule has 2 aliphatic rings. The normalized spacial score (nSPS) is 29.9.